The van der Waals surface area contributed by atoms with Crippen LogP contribution in [-0.4, -0.2) is 20.7 Å². The molecule has 0 radical (unpaired) electrons. The van der Waals surface area contributed by atoms with Gasteiger partial charge in [-0.1, -0.05) is 36.5 Å². The van der Waals surface area contributed by atoms with Crippen molar-refractivity contribution >= 4 is 43.9 Å². The molecule has 27 heavy (non-hydrogen) atoms. The van der Waals surface area contributed by atoms with Gasteiger partial charge in [-0.2, -0.15) is 5.10 Å². The number of aromatic nitrogens is 3. The first-order valence-electron chi connectivity index (χ1n) is 8.38. The minimum absolute atomic E-state index is 0.190. The lowest BCUT2D eigenvalue weighted by atomic mass is 10.1. The lowest BCUT2D eigenvalue weighted by Gasteiger charge is -2.12. The molecule has 0 fully saturated rings. The van der Waals surface area contributed by atoms with E-state index in [4.69, 9.17) is 0 Å². The van der Waals surface area contributed by atoms with Gasteiger partial charge in [-0.05, 0) is 29.6 Å². The predicted octanol–water partition coefficient (Wildman–Crippen LogP) is 3.86. The number of hydrogen-bond acceptors (Lipinski definition) is 6. The van der Waals surface area contributed by atoms with E-state index in [1.807, 2.05) is 41.8 Å². The van der Waals surface area contributed by atoms with E-state index in [-0.39, 0.29) is 18.0 Å². The minimum Gasteiger partial charge on any atom is -0.302 e. The Hall–Kier alpha value is -2.84. The fourth-order valence-corrected chi connectivity index (χ4v) is 4.19. The molecular weight excluding hydrogens is 380 g/mol. The number of anilines is 1. The highest BCUT2D eigenvalue weighted by molar-refractivity contribution is 7.22. The summed E-state index contributed by atoms with van der Waals surface area (Å²) in [5.41, 5.74) is 1.35. The van der Waals surface area contributed by atoms with Crippen LogP contribution in [0.2, 0.25) is 0 Å². The summed E-state index contributed by atoms with van der Waals surface area (Å²) >= 11 is 2.98. The van der Waals surface area contributed by atoms with Gasteiger partial charge in [0.1, 0.15) is 5.69 Å². The summed E-state index contributed by atoms with van der Waals surface area (Å²) in [5, 5.41) is 9.76. The Labute approximate surface area is 163 Å². The zero-order valence-electron chi connectivity index (χ0n) is 14.5. The second-order valence-electron chi connectivity index (χ2n) is 6.09. The Balaban J connectivity index is 1.49. The highest BCUT2D eigenvalue weighted by Crippen LogP contribution is 2.26. The summed E-state index contributed by atoms with van der Waals surface area (Å²) < 4.78 is 2.36. The van der Waals surface area contributed by atoms with Crippen LogP contribution in [-0.2, 0) is 11.3 Å². The van der Waals surface area contributed by atoms with E-state index in [0.717, 1.165) is 20.8 Å². The number of hydrogen-bond donors (Lipinski definition) is 1. The summed E-state index contributed by atoms with van der Waals surface area (Å²) in [6, 6.07) is 14.8. The van der Waals surface area contributed by atoms with Crippen LogP contribution < -0.4 is 10.9 Å². The second kappa shape index (κ2) is 7.42. The van der Waals surface area contributed by atoms with Crippen molar-refractivity contribution in [1.29, 1.82) is 0 Å². The number of carbonyl (C=O) groups is 1. The zero-order valence-corrected chi connectivity index (χ0v) is 16.1. The molecule has 3 aromatic heterocycles. The Kier molecular flexibility index (Phi) is 4.83. The van der Waals surface area contributed by atoms with Crippen LogP contribution >= 0.6 is 22.7 Å². The van der Waals surface area contributed by atoms with Crippen LogP contribution in [0, 0.1) is 5.92 Å². The number of amides is 1. The fourth-order valence-electron chi connectivity index (χ4n) is 2.63. The third-order valence-corrected chi connectivity index (χ3v) is 5.90. The van der Waals surface area contributed by atoms with E-state index in [2.05, 4.69) is 15.4 Å². The molecule has 0 aliphatic carbocycles. The van der Waals surface area contributed by atoms with Crippen molar-refractivity contribution in [1.82, 2.24) is 14.8 Å². The number of benzene rings is 1. The average molecular weight is 396 g/mol. The maximum atomic E-state index is 12.5. The number of para-hydroxylation sites is 1. The quantitative estimate of drug-likeness (QED) is 0.556. The number of thiophene rings is 1. The Morgan fingerprint density at radius 1 is 1.19 bits per heavy atom. The van der Waals surface area contributed by atoms with Crippen molar-refractivity contribution in [2.75, 3.05) is 5.32 Å². The molecule has 1 amide bonds. The molecule has 136 valence electrons. The minimum atomic E-state index is -0.430. The van der Waals surface area contributed by atoms with Crippen molar-refractivity contribution in [3.8, 4) is 10.6 Å². The molecule has 0 saturated heterocycles. The van der Waals surface area contributed by atoms with E-state index in [9.17, 15) is 9.59 Å². The number of carbonyl (C=O) groups excluding carboxylic acids is 1. The molecule has 1 atom stereocenters. The number of nitrogens with zero attached hydrogens (tertiary/aromatic N) is 3. The highest BCUT2D eigenvalue weighted by atomic mass is 32.1. The number of fused-ring (bicyclic) bond motifs is 1. The van der Waals surface area contributed by atoms with Crippen LogP contribution in [0.25, 0.3) is 20.8 Å². The molecule has 0 aliphatic heterocycles. The second-order valence-corrected chi connectivity index (χ2v) is 8.07. The van der Waals surface area contributed by atoms with E-state index >= 15 is 0 Å². The molecule has 1 aromatic carbocycles. The Bertz CT molecular complexity index is 1110. The maximum absolute atomic E-state index is 12.5. The third kappa shape index (κ3) is 3.81. The average Bonchev–Trinajstić information content (AvgIpc) is 3.32. The van der Waals surface area contributed by atoms with Crippen LogP contribution in [0.5, 0.6) is 0 Å². The van der Waals surface area contributed by atoms with Crippen molar-refractivity contribution < 1.29 is 4.79 Å². The Morgan fingerprint density at radius 3 is 2.81 bits per heavy atom. The van der Waals surface area contributed by atoms with Gasteiger partial charge in [-0.25, -0.2) is 9.67 Å². The van der Waals surface area contributed by atoms with Gasteiger partial charge in [0, 0.05) is 6.07 Å². The van der Waals surface area contributed by atoms with E-state index in [1.54, 1.807) is 24.3 Å². The predicted molar refractivity (Wildman–Crippen MR) is 109 cm³/mol. The summed E-state index contributed by atoms with van der Waals surface area (Å²) in [4.78, 5) is 30.1. The third-order valence-electron chi connectivity index (χ3n) is 4.06. The maximum Gasteiger partial charge on any atom is 0.266 e. The smallest absolute Gasteiger partial charge is 0.266 e. The molecule has 0 unspecified atom stereocenters. The molecular formula is C19H16N4O2S2. The SMILES string of the molecule is C[C@@H](Cn1nc(-c2cccs2)ccc1=O)C(=O)Nc1nc2ccccc2s1. The fraction of sp³-hybridized carbons (Fsp3) is 0.158. The zero-order chi connectivity index (χ0) is 18.8. The van der Waals surface area contributed by atoms with E-state index in [1.165, 1.54) is 22.1 Å². The summed E-state index contributed by atoms with van der Waals surface area (Å²) in [6.07, 6.45) is 0. The van der Waals surface area contributed by atoms with Crippen LogP contribution in [0.1, 0.15) is 6.92 Å². The van der Waals surface area contributed by atoms with Crippen LogP contribution in [0.4, 0.5) is 5.13 Å². The number of nitrogens with one attached hydrogen (secondary N) is 1. The van der Waals surface area contributed by atoms with Gasteiger partial charge in [0.15, 0.2) is 5.13 Å². The lowest BCUT2D eigenvalue weighted by Crippen LogP contribution is -2.30. The Morgan fingerprint density at radius 2 is 2.04 bits per heavy atom. The monoisotopic (exact) mass is 396 g/mol. The summed E-state index contributed by atoms with van der Waals surface area (Å²) in [7, 11) is 0. The first-order chi connectivity index (χ1) is 13.1. The van der Waals surface area contributed by atoms with Crippen molar-refractivity contribution in [2.24, 2.45) is 5.92 Å². The van der Waals surface area contributed by atoms with E-state index in [0.29, 0.717) is 5.13 Å². The standard InChI is InChI=1S/C19H16N4O2S2/c1-12(18(25)21-19-20-13-5-2-3-6-16(13)27-19)11-23-17(24)9-8-14(22-23)15-7-4-10-26-15/h2-10,12H,11H2,1H3,(H,20,21,25)/t12-/m0/s1. The van der Waals surface area contributed by atoms with Crippen molar-refractivity contribution in [2.45, 2.75) is 13.5 Å². The van der Waals surface area contributed by atoms with Crippen molar-refractivity contribution in [3.63, 3.8) is 0 Å². The van der Waals surface area contributed by atoms with Crippen LogP contribution in [0.15, 0.2) is 58.7 Å². The van der Waals surface area contributed by atoms with Gasteiger partial charge < -0.3 is 5.32 Å². The van der Waals surface area contributed by atoms with Crippen LogP contribution in [0.3, 0.4) is 0 Å². The van der Waals surface area contributed by atoms with Gasteiger partial charge in [-0.3, -0.25) is 9.59 Å². The molecule has 0 bridgehead atoms. The molecule has 1 N–H and O–H groups in total. The molecule has 6 nitrogen and oxygen atoms in total. The van der Waals surface area contributed by atoms with Gasteiger partial charge in [0.05, 0.1) is 27.6 Å². The van der Waals surface area contributed by atoms with Crippen molar-refractivity contribution in [3.05, 3.63) is 64.3 Å². The summed E-state index contributed by atoms with van der Waals surface area (Å²) in [6.45, 7) is 1.98. The molecule has 4 rings (SSSR count). The molecule has 8 heteroatoms. The largest absolute Gasteiger partial charge is 0.302 e. The highest BCUT2D eigenvalue weighted by Gasteiger charge is 2.17. The molecule has 0 saturated carbocycles. The van der Waals surface area contributed by atoms with Gasteiger partial charge in [-0.15, -0.1) is 11.3 Å². The first-order valence-corrected chi connectivity index (χ1v) is 10.1. The topological polar surface area (TPSA) is 76.9 Å². The number of thiazole rings is 1. The normalized spacial score (nSPS) is 12.2. The van der Waals surface area contributed by atoms with Gasteiger partial charge in [0.2, 0.25) is 5.91 Å². The first kappa shape index (κ1) is 17.6. The van der Waals surface area contributed by atoms with Gasteiger partial charge in [0.25, 0.3) is 5.56 Å². The van der Waals surface area contributed by atoms with Gasteiger partial charge >= 0.3 is 0 Å². The number of rotatable bonds is 5. The molecule has 4 aromatic rings. The van der Waals surface area contributed by atoms with E-state index < -0.39 is 5.92 Å². The molecule has 3 heterocycles. The summed E-state index contributed by atoms with van der Waals surface area (Å²) in [5.74, 6) is -0.620. The molecule has 0 aliphatic rings. The lowest BCUT2D eigenvalue weighted by molar-refractivity contribution is -0.119. The molecule has 0 spiro atoms.